The third-order valence-corrected chi connectivity index (χ3v) is 4.84. The Balaban J connectivity index is 1.83. The highest BCUT2D eigenvalue weighted by Crippen LogP contribution is 2.12. The van der Waals surface area contributed by atoms with E-state index in [1.54, 1.807) is 0 Å². The number of aromatic nitrogens is 2. The number of carbonyl (C=O) groups is 1. The van der Waals surface area contributed by atoms with Gasteiger partial charge in [0.05, 0.1) is 12.2 Å². The molecule has 0 radical (unpaired) electrons. The summed E-state index contributed by atoms with van der Waals surface area (Å²) in [5.74, 6) is 0.222. The summed E-state index contributed by atoms with van der Waals surface area (Å²) in [6.45, 7) is 9.37. The molecule has 0 spiro atoms. The van der Waals surface area contributed by atoms with Gasteiger partial charge in [0.25, 0.3) is 5.91 Å². The van der Waals surface area contributed by atoms with Crippen molar-refractivity contribution in [3.05, 3.63) is 82.7 Å². The van der Waals surface area contributed by atoms with Gasteiger partial charge in [-0.05, 0) is 51.0 Å². The van der Waals surface area contributed by atoms with E-state index in [0.29, 0.717) is 18.1 Å². The van der Waals surface area contributed by atoms with Crippen LogP contribution in [0.15, 0.2) is 59.7 Å². The molecule has 6 heteroatoms. The lowest BCUT2D eigenvalue weighted by atomic mass is 10.1. The van der Waals surface area contributed by atoms with E-state index in [-0.39, 0.29) is 5.91 Å². The van der Waals surface area contributed by atoms with E-state index < -0.39 is 0 Å². The number of anilines is 1. The summed E-state index contributed by atoms with van der Waals surface area (Å²) in [5.41, 5.74) is 5.57. The molecule has 0 bridgehead atoms. The second-order valence-electron chi connectivity index (χ2n) is 7.43. The maximum atomic E-state index is 12.8. The monoisotopic (exact) mass is 403 g/mol. The highest BCUT2D eigenvalue weighted by molar-refractivity contribution is 6.10. The van der Waals surface area contributed by atoms with Gasteiger partial charge in [-0.2, -0.15) is 5.10 Å². The number of carbonyl (C=O) groups excluding carboxylic acids is 1. The summed E-state index contributed by atoms with van der Waals surface area (Å²) in [4.78, 5) is 17.5. The van der Waals surface area contributed by atoms with E-state index in [1.165, 1.54) is 5.56 Å². The lowest BCUT2D eigenvalue weighted by Gasteiger charge is -2.13. The van der Waals surface area contributed by atoms with Crippen LogP contribution in [-0.2, 0) is 13.1 Å². The molecule has 3 aromatic rings. The minimum absolute atomic E-state index is 0.190. The number of aliphatic imine (C=N–C) groups is 1. The number of hydrogen-bond acceptors (Lipinski definition) is 3. The van der Waals surface area contributed by atoms with Crippen molar-refractivity contribution >= 4 is 17.6 Å². The molecule has 6 nitrogen and oxygen atoms in total. The molecular weight excluding hydrogens is 374 g/mol. The van der Waals surface area contributed by atoms with Crippen molar-refractivity contribution in [3.63, 3.8) is 0 Å². The molecule has 1 amide bonds. The number of hydrogen-bond donors (Lipinski definition) is 2. The van der Waals surface area contributed by atoms with Gasteiger partial charge in [-0.1, -0.05) is 42.8 Å². The molecule has 0 aliphatic heterocycles. The SMILES string of the molecule is CCCn1cc(CN=C(NC(=O)c2ccccc2C)Nc2ccc(C)cc2)c(C)n1. The van der Waals surface area contributed by atoms with Crippen LogP contribution in [0.3, 0.4) is 0 Å². The Morgan fingerprint density at radius 2 is 1.80 bits per heavy atom. The molecule has 156 valence electrons. The zero-order chi connectivity index (χ0) is 21.5. The molecule has 3 rings (SSSR count). The minimum Gasteiger partial charge on any atom is -0.326 e. The van der Waals surface area contributed by atoms with E-state index in [9.17, 15) is 4.79 Å². The first-order valence-corrected chi connectivity index (χ1v) is 10.2. The fourth-order valence-corrected chi connectivity index (χ4v) is 3.11. The molecule has 0 aliphatic rings. The zero-order valence-electron chi connectivity index (χ0n) is 18.1. The first-order chi connectivity index (χ1) is 14.5. The third kappa shape index (κ3) is 5.56. The minimum atomic E-state index is -0.190. The highest BCUT2D eigenvalue weighted by atomic mass is 16.1. The Labute approximate surface area is 178 Å². The zero-order valence-corrected chi connectivity index (χ0v) is 18.1. The first-order valence-electron chi connectivity index (χ1n) is 10.2. The maximum absolute atomic E-state index is 12.8. The van der Waals surface area contributed by atoms with Crippen molar-refractivity contribution in [2.45, 2.75) is 47.2 Å². The average molecular weight is 404 g/mol. The quantitative estimate of drug-likeness (QED) is 0.466. The number of guanidine groups is 1. The Morgan fingerprint density at radius 3 is 2.50 bits per heavy atom. The molecule has 0 unspecified atom stereocenters. The number of nitrogens with zero attached hydrogens (tertiary/aromatic N) is 3. The Hall–Kier alpha value is -3.41. The predicted octanol–water partition coefficient (Wildman–Crippen LogP) is 4.62. The second-order valence-corrected chi connectivity index (χ2v) is 7.43. The van der Waals surface area contributed by atoms with Gasteiger partial charge in [-0.3, -0.25) is 14.8 Å². The average Bonchev–Trinajstić information content (AvgIpc) is 3.07. The number of benzene rings is 2. The van der Waals surface area contributed by atoms with Gasteiger partial charge in [0, 0.05) is 29.6 Å². The number of rotatable bonds is 6. The fourth-order valence-electron chi connectivity index (χ4n) is 3.11. The van der Waals surface area contributed by atoms with E-state index in [1.807, 2.05) is 80.2 Å². The summed E-state index contributed by atoms with van der Waals surface area (Å²) in [6, 6.07) is 15.5. The van der Waals surface area contributed by atoms with E-state index in [0.717, 1.165) is 35.5 Å². The van der Waals surface area contributed by atoms with Crippen LogP contribution in [0.1, 0.15) is 46.1 Å². The van der Waals surface area contributed by atoms with Crippen LogP contribution < -0.4 is 10.6 Å². The van der Waals surface area contributed by atoms with Gasteiger partial charge < -0.3 is 5.32 Å². The summed E-state index contributed by atoms with van der Waals surface area (Å²) >= 11 is 0. The van der Waals surface area contributed by atoms with E-state index >= 15 is 0 Å². The summed E-state index contributed by atoms with van der Waals surface area (Å²) in [6.07, 6.45) is 3.05. The molecule has 0 fully saturated rings. The Kier molecular flexibility index (Phi) is 7.01. The summed E-state index contributed by atoms with van der Waals surface area (Å²) in [5, 5.41) is 10.7. The molecule has 0 atom stereocenters. The van der Waals surface area contributed by atoms with Gasteiger partial charge >= 0.3 is 0 Å². The van der Waals surface area contributed by atoms with Crippen LogP contribution in [0.25, 0.3) is 0 Å². The van der Waals surface area contributed by atoms with E-state index in [2.05, 4.69) is 27.6 Å². The number of nitrogens with one attached hydrogen (secondary N) is 2. The predicted molar refractivity (Wildman–Crippen MR) is 122 cm³/mol. The molecule has 0 saturated heterocycles. The van der Waals surface area contributed by atoms with Crippen molar-refractivity contribution < 1.29 is 4.79 Å². The third-order valence-electron chi connectivity index (χ3n) is 4.84. The molecule has 1 heterocycles. The van der Waals surface area contributed by atoms with Gasteiger partial charge in [0.1, 0.15) is 0 Å². The maximum Gasteiger partial charge on any atom is 0.258 e. The van der Waals surface area contributed by atoms with Crippen molar-refractivity contribution in [1.29, 1.82) is 0 Å². The molecule has 2 N–H and O–H groups in total. The van der Waals surface area contributed by atoms with Gasteiger partial charge in [0.2, 0.25) is 5.96 Å². The van der Waals surface area contributed by atoms with Gasteiger partial charge in [-0.25, -0.2) is 4.99 Å². The van der Waals surface area contributed by atoms with Crippen LogP contribution in [0.2, 0.25) is 0 Å². The lowest BCUT2D eigenvalue weighted by molar-refractivity contribution is 0.0976. The molecular formula is C24H29N5O. The normalized spacial score (nSPS) is 11.4. The molecule has 0 saturated carbocycles. The van der Waals surface area contributed by atoms with Crippen LogP contribution >= 0.6 is 0 Å². The number of aryl methyl sites for hydroxylation is 4. The number of amides is 1. The second kappa shape index (κ2) is 9.87. The van der Waals surface area contributed by atoms with Crippen LogP contribution in [-0.4, -0.2) is 21.6 Å². The standard InChI is InChI=1S/C24H29N5O/c1-5-14-29-16-20(19(4)28-29)15-25-24(26-21-12-10-17(2)11-13-21)27-23(30)22-9-7-6-8-18(22)3/h6-13,16H,5,14-15H2,1-4H3,(H2,25,26,27,30). The largest absolute Gasteiger partial charge is 0.326 e. The highest BCUT2D eigenvalue weighted by Gasteiger charge is 2.12. The summed E-state index contributed by atoms with van der Waals surface area (Å²) < 4.78 is 1.94. The van der Waals surface area contributed by atoms with Crippen LogP contribution in [0.5, 0.6) is 0 Å². The van der Waals surface area contributed by atoms with Gasteiger partial charge in [0.15, 0.2) is 0 Å². The van der Waals surface area contributed by atoms with Crippen LogP contribution in [0.4, 0.5) is 5.69 Å². The first kappa shape index (κ1) is 21.3. The van der Waals surface area contributed by atoms with Crippen molar-refractivity contribution in [3.8, 4) is 0 Å². The molecule has 1 aromatic heterocycles. The topological polar surface area (TPSA) is 71.3 Å². The van der Waals surface area contributed by atoms with Crippen molar-refractivity contribution in [2.24, 2.45) is 4.99 Å². The molecule has 30 heavy (non-hydrogen) atoms. The lowest BCUT2D eigenvalue weighted by Crippen LogP contribution is -2.36. The van der Waals surface area contributed by atoms with Crippen molar-refractivity contribution in [1.82, 2.24) is 15.1 Å². The van der Waals surface area contributed by atoms with E-state index in [4.69, 9.17) is 0 Å². The summed E-state index contributed by atoms with van der Waals surface area (Å²) in [7, 11) is 0. The molecule has 2 aromatic carbocycles. The fraction of sp³-hybridized carbons (Fsp3) is 0.292. The Bertz CT molecular complexity index is 1030. The van der Waals surface area contributed by atoms with Crippen molar-refractivity contribution in [2.75, 3.05) is 5.32 Å². The van der Waals surface area contributed by atoms with Crippen LogP contribution in [0, 0.1) is 20.8 Å². The van der Waals surface area contributed by atoms with Gasteiger partial charge in [-0.15, -0.1) is 0 Å². The smallest absolute Gasteiger partial charge is 0.258 e. The Morgan fingerprint density at radius 1 is 1.07 bits per heavy atom. The molecule has 0 aliphatic carbocycles.